The van der Waals surface area contributed by atoms with Gasteiger partial charge >= 0.3 is 114 Å². The predicted octanol–water partition coefficient (Wildman–Crippen LogP) is 3.41. The molecule has 0 unspecified atom stereocenters. The van der Waals surface area contributed by atoms with Gasteiger partial charge in [0.05, 0.1) is 0 Å². The van der Waals surface area contributed by atoms with Crippen LogP contribution in [0, 0.1) is 0 Å². The Kier molecular flexibility index (Phi) is 5.32. The van der Waals surface area contributed by atoms with Crippen LogP contribution in [0.1, 0.15) is 26.3 Å². The average molecular weight is 425 g/mol. The standard InChI is InChI=1S/C13H17O.ClH.Hg/c1-5-10-14-12-8-6-11(7-9-12)13(2,3)4;;/h5-8H,1,10H2,2-4H3;1H;/q;;+1/p-1. The van der Waals surface area contributed by atoms with Crippen LogP contribution in [0.5, 0.6) is 5.75 Å². The summed E-state index contributed by atoms with van der Waals surface area (Å²) in [5.41, 5.74) is 1.50. The maximum absolute atomic E-state index is 6.15. The summed E-state index contributed by atoms with van der Waals surface area (Å²) >= 11 is -1.45. The van der Waals surface area contributed by atoms with Gasteiger partial charge in [0.15, 0.2) is 0 Å². The van der Waals surface area contributed by atoms with Crippen LogP contribution in [0.15, 0.2) is 30.9 Å². The van der Waals surface area contributed by atoms with Crippen molar-refractivity contribution >= 4 is 11.3 Å². The molecule has 1 aromatic rings. The van der Waals surface area contributed by atoms with Crippen molar-refractivity contribution in [3.05, 3.63) is 36.4 Å². The molecular weight excluding hydrogens is 408 g/mol. The van der Waals surface area contributed by atoms with E-state index in [4.69, 9.17) is 13.0 Å². The summed E-state index contributed by atoms with van der Waals surface area (Å²) in [6.45, 7) is 10.8. The number of hydrogen-bond donors (Lipinski definition) is 0. The molecule has 3 heteroatoms. The molecule has 0 bridgehead atoms. The van der Waals surface area contributed by atoms with Crippen molar-refractivity contribution in [3.63, 3.8) is 0 Å². The van der Waals surface area contributed by atoms with Gasteiger partial charge in [-0.3, -0.25) is 0 Å². The van der Waals surface area contributed by atoms with Gasteiger partial charge in [0, 0.05) is 0 Å². The summed E-state index contributed by atoms with van der Waals surface area (Å²) < 4.78 is 6.86. The topological polar surface area (TPSA) is 9.23 Å². The predicted molar refractivity (Wildman–Crippen MR) is 66.3 cm³/mol. The van der Waals surface area contributed by atoms with E-state index in [1.54, 1.807) is 6.08 Å². The van der Waals surface area contributed by atoms with Gasteiger partial charge in [-0.15, -0.1) is 0 Å². The van der Waals surface area contributed by atoms with Gasteiger partial charge in [0.25, 0.3) is 0 Å². The minimum absolute atomic E-state index is 0.172. The van der Waals surface area contributed by atoms with Gasteiger partial charge in [-0.2, -0.15) is 0 Å². The molecule has 84 valence electrons. The molecule has 0 aliphatic heterocycles. The Balaban J connectivity index is 3.02. The summed E-state index contributed by atoms with van der Waals surface area (Å²) in [5, 5.41) is 0. The van der Waals surface area contributed by atoms with Crippen LogP contribution < -0.4 is 7.81 Å². The minimum atomic E-state index is -1.45. The Hall–Kier alpha value is -0.0149. The first-order valence-electron chi connectivity index (χ1n) is 5.42. The molecule has 0 saturated carbocycles. The first-order chi connectivity index (χ1) is 7.49. The second-order valence-electron chi connectivity index (χ2n) is 4.81. The van der Waals surface area contributed by atoms with Crippen molar-refractivity contribution in [1.29, 1.82) is 0 Å². The summed E-state index contributed by atoms with van der Waals surface area (Å²) in [5.74, 6) is 0.949. The zero-order chi connectivity index (χ0) is 12.2. The molecule has 0 aliphatic rings. The van der Waals surface area contributed by atoms with E-state index in [0.717, 1.165) is 5.75 Å². The van der Waals surface area contributed by atoms with E-state index in [9.17, 15) is 0 Å². The third kappa shape index (κ3) is 3.78. The zero-order valence-electron chi connectivity index (χ0n) is 10.2. The van der Waals surface area contributed by atoms with Crippen molar-refractivity contribution < 1.29 is 28.1 Å². The fraction of sp³-hybridized carbons (Fsp3) is 0.385. The van der Waals surface area contributed by atoms with Crippen molar-refractivity contribution in [2.75, 3.05) is 6.61 Å². The molecule has 0 fully saturated rings. The van der Waals surface area contributed by atoms with E-state index in [2.05, 4.69) is 39.5 Å². The Morgan fingerprint density at radius 2 is 2.12 bits per heavy atom. The van der Waals surface area contributed by atoms with Gasteiger partial charge < -0.3 is 0 Å². The fourth-order valence-electron chi connectivity index (χ4n) is 1.44. The van der Waals surface area contributed by atoms with E-state index >= 15 is 0 Å². The fourth-order valence-corrected chi connectivity index (χ4v) is 5.79. The van der Waals surface area contributed by atoms with Gasteiger partial charge in [0.1, 0.15) is 0 Å². The molecule has 0 aromatic heterocycles. The zero-order valence-corrected chi connectivity index (χ0v) is 16.5. The van der Waals surface area contributed by atoms with E-state index in [0.29, 0.717) is 6.61 Å². The summed E-state index contributed by atoms with van der Waals surface area (Å²) in [7, 11) is 6.15. The van der Waals surface area contributed by atoms with E-state index in [-0.39, 0.29) is 5.41 Å². The Morgan fingerprint density at radius 1 is 1.44 bits per heavy atom. The number of halogens is 1. The van der Waals surface area contributed by atoms with E-state index < -0.39 is 23.3 Å². The second kappa shape index (κ2) is 6.06. The molecular formula is C13H17ClHgO. The number of ether oxygens (including phenoxy) is 1. The van der Waals surface area contributed by atoms with Crippen molar-refractivity contribution in [2.24, 2.45) is 0 Å². The second-order valence-corrected chi connectivity index (χ2v) is 11.2. The van der Waals surface area contributed by atoms with Gasteiger partial charge in [-0.25, -0.2) is 0 Å². The van der Waals surface area contributed by atoms with Crippen molar-refractivity contribution in [1.82, 2.24) is 0 Å². The molecule has 1 nitrogen and oxygen atoms in total. The Labute approximate surface area is 114 Å². The van der Waals surface area contributed by atoms with Crippen LogP contribution in [-0.2, 0) is 28.8 Å². The van der Waals surface area contributed by atoms with Crippen LogP contribution in [-0.4, -0.2) is 6.61 Å². The van der Waals surface area contributed by atoms with Crippen LogP contribution in [0.2, 0.25) is 0 Å². The molecule has 1 rings (SSSR count). The van der Waals surface area contributed by atoms with Crippen molar-refractivity contribution in [2.45, 2.75) is 26.2 Å². The molecule has 0 radical (unpaired) electrons. The molecule has 0 heterocycles. The van der Waals surface area contributed by atoms with Crippen LogP contribution in [0.4, 0.5) is 0 Å². The third-order valence-corrected chi connectivity index (χ3v) is 8.22. The summed E-state index contributed by atoms with van der Waals surface area (Å²) in [6.07, 6.45) is 1.76. The number of benzene rings is 1. The van der Waals surface area contributed by atoms with Crippen LogP contribution >= 0.6 is 8.25 Å². The first kappa shape index (κ1) is 14.0. The van der Waals surface area contributed by atoms with Crippen LogP contribution in [0.25, 0.3) is 0 Å². The average Bonchev–Trinajstić information content (AvgIpc) is 2.24. The first-order valence-corrected chi connectivity index (χ1v) is 14.9. The van der Waals surface area contributed by atoms with Gasteiger partial charge in [-0.05, 0) is 0 Å². The molecule has 0 amide bonds. The molecule has 16 heavy (non-hydrogen) atoms. The molecule has 0 aliphatic carbocycles. The Bertz CT molecular complexity index is 369. The molecule has 1 aromatic carbocycles. The quantitative estimate of drug-likeness (QED) is 0.531. The Morgan fingerprint density at radius 3 is 2.62 bits per heavy atom. The summed E-state index contributed by atoms with van der Waals surface area (Å²) in [4.78, 5) is 0. The van der Waals surface area contributed by atoms with E-state index in [1.165, 1.54) is 8.64 Å². The monoisotopic (exact) mass is 426 g/mol. The molecule has 0 N–H and O–H groups in total. The van der Waals surface area contributed by atoms with Crippen LogP contribution in [0.3, 0.4) is 0 Å². The molecule has 0 saturated heterocycles. The molecule has 0 spiro atoms. The maximum atomic E-state index is 6.15. The normalized spacial score (nSPS) is 10.8. The number of hydrogen-bond acceptors (Lipinski definition) is 1. The number of rotatable bonds is 4. The third-order valence-electron chi connectivity index (χ3n) is 2.43. The van der Waals surface area contributed by atoms with Crippen molar-refractivity contribution in [3.8, 4) is 5.75 Å². The van der Waals surface area contributed by atoms with Gasteiger partial charge in [0.2, 0.25) is 0 Å². The summed E-state index contributed by atoms with van der Waals surface area (Å²) in [6, 6.07) is 6.39. The van der Waals surface area contributed by atoms with E-state index in [1.807, 2.05) is 6.07 Å². The molecule has 0 atom stereocenters. The van der Waals surface area contributed by atoms with Gasteiger partial charge in [-0.1, -0.05) is 0 Å². The SMILES string of the molecule is C=CCOc1ccc(C(C)(C)C)c[c]1[Hg][Cl].